The lowest BCUT2D eigenvalue weighted by Gasteiger charge is -2.34. The fourth-order valence-electron chi connectivity index (χ4n) is 2.95. The molecule has 1 fully saturated rings. The number of aromatic nitrogens is 2. The van der Waals surface area contributed by atoms with Gasteiger partial charge in [-0.15, -0.1) is 0 Å². The number of hydrogen-bond donors (Lipinski definition) is 0. The highest BCUT2D eigenvalue weighted by Gasteiger charge is 2.22. The highest BCUT2D eigenvalue weighted by Crippen LogP contribution is 2.13. The molecule has 1 amide bonds. The summed E-state index contributed by atoms with van der Waals surface area (Å²) in [6.07, 6.45) is 1.95. The fraction of sp³-hybridized carbons (Fsp3) is 0.500. The van der Waals surface area contributed by atoms with Gasteiger partial charge in [0.25, 0.3) is 0 Å². The molecule has 25 heavy (non-hydrogen) atoms. The van der Waals surface area contributed by atoms with Crippen LogP contribution in [0.2, 0.25) is 0 Å². The fourth-order valence-corrected chi connectivity index (χ4v) is 2.95. The van der Waals surface area contributed by atoms with Crippen molar-refractivity contribution in [3.8, 4) is 0 Å². The van der Waals surface area contributed by atoms with E-state index in [1.165, 1.54) is 10.7 Å². The predicted octanol–water partition coefficient (Wildman–Crippen LogP) is 1.43. The average Bonchev–Trinajstić information content (AvgIpc) is 3.23. The van der Waals surface area contributed by atoms with Crippen molar-refractivity contribution in [3.63, 3.8) is 0 Å². The minimum absolute atomic E-state index is 0.0511. The molecule has 1 aliphatic rings. The Morgan fingerprint density at radius 1 is 1.36 bits per heavy atom. The second-order valence-electron chi connectivity index (χ2n) is 6.11. The highest BCUT2D eigenvalue weighted by atomic mass is 16.6. The van der Waals surface area contributed by atoms with E-state index in [9.17, 15) is 14.9 Å². The van der Waals surface area contributed by atoms with E-state index in [1.807, 2.05) is 17.0 Å². The van der Waals surface area contributed by atoms with Gasteiger partial charge in [0.05, 0.1) is 36.2 Å². The Morgan fingerprint density at radius 3 is 2.72 bits per heavy atom. The van der Waals surface area contributed by atoms with Gasteiger partial charge in [0.1, 0.15) is 5.76 Å². The van der Waals surface area contributed by atoms with E-state index >= 15 is 0 Å². The third-order valence-corrected chi connectivity index (χ3v) is 4.38. The second-order valence-corrected chi connectivity index (χ2v) is 6.11. The molecule has 0 atom stereocenters. The van der Waals surface area contributed by atoms with Crippen LogP contribution in [0, 0.1) is 17.0 Å². The summed E-state index contributed by atoms with van der Waals surface area (Å²) in [7, 11) is 0. The second kappa shape index (κ2) is 7.47. The maximum Gasteiger partial charge on any atom is 0.390 e. The summed E-state index contributed by atoms with van der Waals surface area (Å²) in [5.74, 6) is 0.794. The Balaban J connectivity index is 1.46. The first-order valence-electron chi connectivity index (χ1n) is 8.24. The highest BCUT2D eigenvalue weighted by molar-refractivity contribution is 5.76. The van der Waals surface area contributed by atoms with Crippen molar-refractivity contribution >= 4 is 11.7 Å². The maximum atomic E-state index is 12.4. The van der Waals surface area contributed by atoms with Crippen LogP contribution in [0.5, 0.6) is 0 Å². The molecule has 0 radical (unpaired) electrons. The van der Waals surface area contributed by atoms with Crippen molar-refractivity contribution in [2.75, 3.05) is 26.2 Å². The van der Waals surface area contributed by atoms with E-state index in [1.54, 1.807) is 13.2 Å². The summed E-state index contributed by atoms with van der Waals surface area (Å²) in [6, 6.07) is 5.23. The molecule has 9 nitrogen and oxygen atoms in total. The molecule has 0 unspecified atom stereocenters. The summed E-state index contributed by atoms with van der Waals surface area (Å²) >= 11 is 0. The number of hydrogen-bond acceptors (Lipinski definition) is 6. The average molecular weight is 347 g/mol. The summed E-state index contributed by atoms with van der Waals surface area (Å²) in [6.45, 7) is 5.82. The standard InChI is InChI=1S/C16H21N5O4/c1-13-11-15(21(23)24)17-20(13)5-4-16(22)19-8-6-18(7-9-19)12-14-3-2-10-25-14/h2-3,10-11H,4-9,12H2,1H3. The monoisotopic (exact) mass is 347 g/mol. The van der Waals surface area contributed by atoms with Gasteiger partial charge in [-0.25, -0.2) is 0 Å². The van der Waals surface area contributed by atoms with Crippen LogP contribution in [-0.2, 0) is 17.9 Å². The third-order valence-electron chi connectivity index (χ3n) is 4.38. The van der Waals surface area contributed by atoms with Crippen molar-refractivity contribution in [1.29, 1.82) is 0 Å². The Bertz CT molecular complexity index is 732. The SMILES string of the molecule is Cc1cc([N+](=O)[O-])nn1CCC(=O)N1CCN(Cc2ccco2)CC1. The molecule has 0 spiro atoms. The van der Waals surface area contributed by atoms with Crippen LogP contribution >= 0.6 is 0 Å². The molecular formula is C16H21N5O4. The van der Waals surface area contributed by atoms with Crippen molar-refractivity contribution < 1.29 is 14.1 Å². The topological polar surface area (TPSA) is 97.6 Å². The van der Waals surface area contributed by atoms with Crippen LogP contribution in [0.1, 0.15) is 17.9 Å². The smallest absolute Gasteiger partial charge is 0.390 e. The molecule has 0 aliphatic carbocycles. The summed E-state index contributed by atoms with van der Waals surface area (Å²) in [4.78, 5) is 26.7. The van der Waals surface area contributed by atoms with Gasteiger partial charge in [-0.2, -0.15) is 4.68 Å². The molecular weight excluding hydrogens is 326 g/mol. The normalized spacial score (nSPS) is 15.5. The quantitative estimate of drug-likeness (QED) is 0.579. The van der Waals surface area contributed by atoms with Gasteiger partial charge >= 0.3 is 5.82 Å². The molecule has 0 saturated carbocycles. The lowest BCUT2D eigenvalue weighted by atomic mass is 10.2. The van der Waals surface area contributed by atoms with Crippen LogP contribution in [0.15, 0.2) is 28.9 Å². The molecule has 2 aromatic rings. The van der Waals surface area contributed by atoms with E-state index in [2.05, 4.69) is 10.00 Å². The Hall–Kier alpha value is -2.68. The zero-order chi connectivity index (χ0) is 17.8. The molecule has 9 heteroatoms. The van der Waals surface area contributed by atoms with Crippen LogP contribution < -0.4 is 0 Å². The Labute approximate surface area is 145 Å². The maximum absolute atomic E-state index is 12.4. The van der Waals surface area contributed by atoms with Crippen molar-refractivity contribution in [2.45, 2.75) is 26.4 Å². The summed E-state index contributed by atoms with van der Waals surface area (Å²) < 4.78 is 6.87. The van der Waals surface area contributed by atoms with E-state index in [4.69, 9.17) is 4.42 Å². The van der Waals surface area contributed by atoms with E-state index in [0.29, 0.717) is 25.3 Å². The Morgan fingerprint density at radius 2 is 2.12 bits per heavy atom. The molecule has 3 rings (SSSR count). The first kappa shape index (κ1) is 17.2. The number of carbonyl (C=O) groups excluding carboxylic acids is 1. The minimum Gasteiger partial charge on any atom is -0.468 e. The molecule has 0 aromatic carbocycles. The predicted molar refractivity (Wildman–Crippen MR) is 88.8 cm³/mol. The number of aryl methyl sites for hydroxylation is 2. The van der Waals surface area contributed by atoms with E-state index in [-0.39, 0.29) is 18.1 Å². The van der Waals surface area contributed by atoms with E-state index in [0.717, 1.165) is 25.4 Å². The molecule has 2 aromatic heterocycles. The van der Waals surface area contributed by atoms with Gasteiger partial charge in [0.2, 0.25) is 5.91 Å². The van der Waals surface area contributed by atoms with Gasteiger partial charge in [0, 0.05) is 32.6 Å². The zero-order valence-electron chi connectivity index (χ0n) is 14.1. The number of nitrogens with zero attached hydrogens (tertiary/aromatic N) is 5. The van der Waals surface area contributed by atoms with Gasteiger partial charge in [-0.1, -0.05) is 0 Å². The van der Waals surface area contributed by atoms with Gasteiger partial charge in [-0.3, -0.25) is 9.69 Å². The van der Waals surface area contributed by atoms with Crippen LogP contribution in [-0.4, -0.2) is 56.6 Å². The van der Waals surface area contributed by atoms with Crippen molar-refractivity contribution in [2.24, 2.45) is 0 Å². The lowest BCUT2D eigenvalue weighted by molar-refractivity contribution is -0.389. The molecule has 1 saturated heterocycles. The van der Waals surface area contributed by atoms with Crippen LogP contribution in [0.4, 0.5) is 5.82 Å². The number of furan rings is 1. The number of nitro groups is 1. The number of amides is 1. The van der Waals surface area contributed by atoms with Gasteiger partial charge in [-0.05, 0) is 24.0 Å². The van der Waals surface area contributed by atoms with Crippen molar-refractivity contribution in [1.82, 2.24) is 19.6 Å². The summed E-state index contributed by atoms with van der Waals surface area (Å²) in [5, 5.41) is 14.6. The number of piperazine rings is 1. The largest absolute Gasteiger partial charge is 0.468 e. The first-order chi connectivity index (χ1) is 12.0. The molecule has 0 N–H and O–H groups in total. The lowest BCUT2D eigenvalue weighted by Crippen LogP contribution is -2.48. The Kier molecular flexibility index (Phi) is 5.13. The molecule has 3 heterocycles. The molecule has 134 valence electrons. The van der Waals surface area contributed by atoms with Crippen LogP contribution in [0.3, 0.4) is 0 Å². The van der Waals surface area contributed by atoms with Gasteiger partial charge in [0.15, 0.2) is 0 Å². The zero-order valence-corrected chi connectivity index (χ0v) is 14.1. The van der Waals surface area contributed by atoms with E-state index < -0.39 is 4.92 Å². The summed E-state index contributed by atoms with van der Waals surface area (Å²) in [5.41, 5.74) is 0.683. The van der Waals surface area contributed by atoms with Crippen LogP contribution in [0.25, 0.3) is 0 Å². The number of rotatable bonds is 6. The number of carbonyl (C=O) groups is 1. The molecule has 1 aliphatic heterocycles. The minimum atomic E-state index is -0.524. The van der Waals surface area contributed by atoms with Gasteiger partial charge < -0.3 is 19.4 Å². The third kappa shape index (κ3) is 4.24. The molecule has 0 bridgehead atoms. The van der Waals surface area contributed by atoms with Crippen molar-refractivity contribution in [3.05, 3.63) is 46.0 Å². The first-order valence-corrected chi connectivity index (χ1v) is 8.24.